The minimum Gasteiger partial charge on any atom is -0.381 e. The van der Waals surface area contributed by atoms with E-state index in [4.69, 9.17) is 4.74 Å². The molecule has 0 saturated carbocycles. The van der Waals surface area contributed by atoms with Crippen molar-refractivity contribution in [2.75, 3.05) is 19.8 Å². The highest BCUT2D eigenvalue weighted by molar-refractivity contribution is 5.97. The SMILES string of the molecule is O=C(NCC1CCOCC1)c1ccc2nc[nH]c2c1. The Morgan fingerprint density at radius 1 is 1.42 bits per heavy atom. The van der Waals surface area contributed by atoms with Crippen LogP contribution in [0.4, 0.5) is 0 Å². The van der Waals surface area contributed by atoms with E-state index in [0.717, 1.165) is 43.6 Å². The molecule has 2 aromatic rings. The van der Waals surface area contributed by atoms with Gasteiger partial charge in [0.05, 0.1) is 17.4 Å². The second-order valence-corrected chi connectivity index (χ2v) is 4.90. The summed E-state index contributed by atoms with van der Waals surface area (Å²) in [6.07, 6.45) is 3.69. The number of hydrogen-bond acceptors (Lipinski definition) is 3. The van der Waals surface area contributed by atoms with Gasteiger partial charge in [-0.2, -0.15) is 0 Å². The second-order valence-electron chi connectivity index (χ2n) is 4.90. The Bertz CT molecular complexity index is 573. The van der Waals surface area contributed by atoms with Gasteiger partial charge >= 0.3 is 0 Å². The lowest BCUT2D eigenvalue weighted by molar-refractivity contribution is 0.0642. The molecule has 100 valence electrons. The summed E-state index contributed by atoms with van der Waals surface area (Å²) >= 11 is 0. The topological polar surface area (TPSA) is 67.0 Å². The number of carbonyl (C=O) groups is 1. The third-order valence-electron chi connectivity index (χ3n) is 3.57. The number of amides is 1. The van der Waals surface area contributed by atoms with Crippen molar-refractivity contribution >= 4 is 16.9 Å². The molecular formula is C14H17N3O2. The highest BCUT2D eigenvalue weighted by Gasteiger charge is 2.15. The molecule has 0 atom stereocenters. The first kappa shape index (κ1) is 12.2. The van der Waals surface area contributed by atoms with E-state index in [1.807, 2.05) is 18.2 Å². The molecule has 0 unspecified atom stereocenters. The highest BCUT2D eigenvalue weighted by atomic mass is 16.5. The molecule has 1 amide bonds. The Balaban J connectivity index is 1.62. The first-order valence-corrected chi connectivity index (χ1v) is 6.62. The zero-order valence-electron chi connectivity index (χ0n) is 10.7. The summed E-state index contributed by atoms with van der Waals surface area (Å²) in [5, 5.41) is 3.00. The number of imidazole rings is 1. The Morgan fingerprint density at radius 2 is 2.26 bits per heavy atom. The van der Waals surface area contributed by atoms with Crippen molar-refractivity contribution < 1.29 is 9.53 Å². The number of rotatable bonds is 3. The van der Waals surface area contributed by atoms with Crippen LogP contribution < -0.4 is 5.32 Å². The number of benzene rings is 1. The van der Waals surface area contributed by atoms with Gasteiger partial charge < -0.3 is 15.0 Å². The highest BCUT2D eigenvalue weighted by Crippen LogP contribution is 2.14. The van der Waals surface area contributed by atoms with E-state index in [2.05, 4.69) is 15.3 Å². The predicted octanol–water partition coefficient (Wildman–Crippen LogP) is 1.72. The van der Waals surface area contributed by atoms with Crippen LogP contribution in [0.5, 0.6) is 0 Å². The average Bonchev–Trinajstić information content (AvgIpc) is 2.93. The summed E-state index contributed by atoms with van der Waals surface area (Å²) in [5.74, 6) is 0.511. The Hall–Kier alpha value is -1.88. The molecule has 2 N–H and O–H groups in total. The minimum atomic E-state index is -0.0250. The molecule has 1 aliphatic rings. The lowest BCUT2D eigenvalue weighted by atomic mass is 10.0. The minimum absolute atomic E-state index is 0.0250. The molecule has 0 aliphatic carbocycles. The molecule has 1 fully saturated rings. The third-order valence-corrected chi connectivity index (χ3v) is 3.57. The Kier molecular flexibility index (Phi) is 3.46. The molecule has 0 radical (unpaired) electrons. The van der Waals surface area contributed by atoms with Crippen molar-refractivity contribution in [1.82, 2.24) is 15.3 Å². The van der Waals surface area contributed by atoms with Gasteiger partial charge in [0, 0.05) is 25.3 Å². The van der Waals surface area contributed by atoms with Crippen molar-refractivity contribution in [3.8, 4) is 0 Å². The van der Waals surface area contributed by atoms with E-state index in [1.165, 1.54) is 0 Å². The van der Waals surface area contributed by atoms with Gasteiger partial charge in [-0.25, -0.2) is 4.98 Å². The van der Waals surface area contributed by atoms with Crippen LogP contribution in [0.1, 0.15) is 23.2 Å². The lowest BCUT2D eigenvalue weighted by Gasteiger charge is -2.22. The van der Waals surface area contributed by atoms with E-state index in [9.17, 15) is 4.79 Å². The molecule has 1 aromatic heterocycles. The molecule has 0 bridgehead atoms. The van der Waals surface area contributed by atoms with Crippen molar-refractivity contribution in [3.05, 3.63) is 30.1 Å². The van der Waals surface area contributed by atoms with Gasteiger partial charge in [-0.15, -0.1) is 0 Å². The summed E-state index contributed by atoms with van der Waals surface area (Å²) in [6, 6.07) is 5.50. The monoisotopic (exact) mass is 259 g/mol. The first-order valence-electron chi connectivity index (χ1n) is 6.62. The van der Waals surface area contributed by atoms with E-state index in [0.29, 0.717) is 11.5 Å². The fourth-order valence-electron chi connectivity index (χ4n) is 2.37. The van der Waals surface area contributed by atoms with Crippen LogP contribution in [0, 0.1) is 5.92 Å². The van der Waals surface area contributed by atoms with Crippen LogP contribution in [0.2, 0.25) is 0 Å². The number of H-pyrrole nitrogens is 1. The van der Waals surface area contributed by atoms with Crippen LogP contribution in [-0.4, -0.2) is 35.6 Å². The molecule has 5 nitrogen and oxygen atoms in total. The summed E-state index contributed by atoms with van der Waals surface area (Å²) in [6.45, 7) is 2.34. The molecule has 2 heterocycles. The molecule has 3 rings (SSSR count). The van der Waals surface area contributed by atoms with Gasteiger partial charge in [0.15, 0.2) is 0 Å². The molecule has 1 aromatic carbocycles. The van der Waals surface area contributed by atoms with Crippen molar-refractivity contribution in [2.45, 2.75) is 12.8 Å². The standard InChI is InChI=1S/C14H17N3O2/c18-14(15-8-10-3-5-19-6-4-10)11-1-2-12-13(7-11)17-9-16-12/h1-2,7,9-10H,3-6,8H2,(H,15,18)(H,16,17). The summed E-state index contributed by atoms with van der Waals surface area (Å²) in [4.78, 5) is 19.2. The zero-order chi connectivity index (χ0) is 13.1. The van der Waals surface area contributed by atoms with Crippen LogP contribution in [0.3, 0.4) is 0 Å². The molecule has 19 heavy (non-hydrogen) atoms. The van der Waals surface area contributed by atoms with Crippen LogP contribution in [0.15, 0.2) is 24.5 Å². The van der Waals surface area contributed by atoms with Gasteiger partial charge in [-0.05, 0) is 37.0 Å². The molecule has 5 heteroatoms. The maximum Gasteiger partial charge on any atom is 0.251 e. The molecule has 0 spiro atoms. The van der Waals surface area contributed by atoms with Crippen molar-refractivity contribution in [1.29, 1.82) is 0 Å². The van der Waals surface area contributed by atoms with E-state index in [-0.39, 0.29) is 5.91 Å². The number of aromatic amines is 1. The number of nitrogens with one attached hydrogen (secondary N) is 2. The van der Waals surface area contributed by atoms with Crippen LogP contribution in [-0.2, 0) is 4.74 Å². The van der Waals surface area contributed by atoms with Gasteiger partial charge in [0.1, 0.15) is 0 Å². The summed E-state index contributed by atoms with van der Waals surface area (Å²) < 4.78 is 5.31. The van der Waals surface area contributed by atoms with Gasteiger partial charge in [-0.1, -0.05) is 0 Å². The fraction of sp³-hybridized carbons (Fsp3) is 0.429. The molecule has 1 aliphatic heterocycles. The average molecular weight is 259 g/mol. The maximum absolute atomic E-state index is 12.1. The maximum atomic E-state index is 12.1. The number of carbonyl (C=O) groups excluding carboxylic acids is 1. The quantitative estimate of drug-likeness (QED) is 0.882. The third kappa shape index (κ3) is 2.76. The van der Waals surface area contributed by atoms with E-state index < -0.39 is 0 Å². The van der Waals surface area contributed by atoms with Crippen LogP contribution in [0.25, 0.3) is 11.0 Å². The number of aromatic nitrogens is 2. The summed E-state index contributed by atoms with van der Waals surface area (Å²) in [5.41, 5.74) is 2.43. The van der Waals surface area contributed by atoms with E-state index in [1.54, 1.807) is 6.33 Å². The number of fused-ring (bicyclic) bond motifs is 1. The smallest absolute Gasteiger partial charge is 0.251 e. The lowest BCUT2D eigenvalue weighted by Crippen LogP contribution is -2.32. The normalized spacial score (nSPS) is 16.6. The molecule has 1 saturated heterocycles. The fourth-order valence-corrected chi connectivity index (χ4v) is 2.37. The van der Waals surface area contributed by atoms with Gasteiger partial charge in [-0.3, -0.25) is 4.79 Å². The van der Waals surface area contributed by atoms with E-state index >= 15 is 0 Å². The Morgan fingerprint density at radius 3 is 3.11 bits per heavy atom. The van der Waals surface area contributed by atoms with Crippen LogP contribution >= 0.6 is 0 Å². The first-order chi connectivity index (χ1) is 9.33. The number of ether oxygens (including phenoxy) is 1. The predicted molar refractivity (Wildman–Crippen MR) is 72.0 cm³/mol. The number of nitrogens with zero attached hydrogens (tertiary/aromatic N) is 1. The molecular weight excluding hydrogens is 242 g/mol. The zero-order valence-corrected chi connectivity index (χ0v) is 10.7. The largest absolute Gasteiger partial charge is 0.381 e. The van der Waals surface area contributed by atoms with Crippen molar-refractivity contribution in [2.24, 2.45) is 5.92 Å². The Labute approximate surface area is 111 Å². The van der Waals surface area contributed by atoms with Crippen molar-refractivity contribution in [3.63, 3.8) is 0 Å². The van der Waals surface area contributed by atoms with Gasteiger partial charge in [0.2, 0.25) is 0 Å². The second kappa shape index (κ2) is 5.40. The summed E-state index contributed by atoms with van der Waals surface area (Å²) in [7, 11) is 0. The van der Waals surface area contributed by atoms with Gasteiger partial charge in [0.25, 0.3) is 5.91 Å². The number of hydrogen-bond donors (Lipinski definition) is 2.